The monoisotopic (exact) mass is 354 g/mol. The highest BCUT2D eigenvalue weighted by atomic mass is 16.6. The third-order valence-corrected chi connectivity index (χ3v) is 4.12. The average molecular weight is 354 g/mol. The third kappa shape index (κ3) is 4.57. The number of rotatable bonds is 6. The Morgan fingerprint density at radius 1 is 1.04 bits per heavy atom. The summed E-state index contributed by atoms with van der Waals surface area (Å²) >= 11 is 0. The number of carbonyl (C=O) groups excluding carboxylic acids is 1. The van der Waals surface area contributed by atoms with E-state index in [9.17, 15) is 4.79 Å². The summed E-state index contributed by atoms with van der Waals surface area (Å²) in [6, 6.07) is 15.7. The number of aryl methyl sites for hydroxylation is 1. The van der Waals surface area contributed by atoms with Gasteiger partial charge in [-0.1, -0.05) is 36.4 Å². The summed E-state index contributed by atoms with van der Waals surface area (Å²) in [6.07, 6.45) is 1.32. The molecule has 4 nitrogen and oxygen atoms in total. The maximum absolute atomic E-state index is 12.5. The molecular weight excluding hydrogens is 328 g/mol. The van der Waals surface area contributed by atoms with Crippen LogP contribution in [0.25, 0.3) is 0 Å². The highest BCUT2D eigenvalue weighted by Gasteiger charge is 2.55. The van der Waals surface area contributed by atoms with Crippen molar-refractivity contribution in [2.24, 2.45) is 0 Å². The molecule has 0 unspecified atom stereocenters. The van der Waals surface area contributed by atoms with Gasteiger partial charge in [-0.2, -0.15) is 0 Å². The van der Waals surface area contributed by atoms with E-state index in [1.165, 1.54) is 0 Å². The standard InChI is InChI=1S/C22H26O4/c1-16-10-11-18(24-15-17-8-6-5-7-9-17)19(14-16)25-22(12-13-22)20(23)26-21(2,3)4/h5-11,14H,12-13,15H2,1-4H3. The first-order chi connectivity index (χ1) is 12.3. The summed E-state index contributed by atoms with van der Waals surface area (Å²) in [5.41, 5.74) is 0.709. The molecule has 1 aliphatic rings. The normalized spacial score (nSPS) is 15.2. The zero-order valence-corrected chi connectivity index (χ0v) is 15.9. The van der Waals surface area contributed by atoms with E-state index in [1.807, 2.05) is 76.2 Å². The lowest BCUT2D eigenvalue weighted by Crippen LogP contribution is -2.37. The van der Waals surface area contributed by atoms with Crippen LogP contribution in [-0.4, -0.2) is 17.2 Å². The van der Waals surface area contributed by atoms with Crippen molar-refractivity contribution in [3.8, 4) is 11.5 Å². The molecule has 0 aromatic heterocycles. The highest BCUT2D eigenvalue weighted by molar-refractivity contribution is 5.83. The van der Waals surface area contributed by atoms with E-state index in [2.05, 4.69) is 0 Å². The molecule has 2 aromatic rings. The van der Waals surface area contributed by atoms with Gasteiger partial charge >= 0.3 is 5.97 Å². The second-order valence-electron chi connectivity index (χ2n) is 7.82. The molecule has 1 saturated carbocycles. The molecule has 0 heterocycles. The van der Waals surface area contributed by atoms with Gasteiger partial charge in [0, 0.05) is 12.8 Å². The number of esters is 1. The topological polar surface area (TPSA) is 44.8 Å². The lowest BCUT2D eigenvalue weighted by atomic mass is 10.2. The van der Waals surface area contributed by atoms with Gasteiger partial charge in [0.25, 0.3) is 0 Å². The summed E-state index contributed by atoms with van der Waals surface area (Å²) in [6.45, 7) is 8.02. The molecule has 0 bridgehead atoms. The first-order valence-electron chi connectivity index (χ1n) is 8.97. The highest BCUT2D eigenvalue weighted by Crippen LogP contribution is 2.45. The molecule has 138 valence electrons. The van der Waals surface area contributed by atoms with Gasteiger partial charge in [0.2, 0.25) is 5.60 Å². The maximum atomic E-state index is 12.5. The first kappa shape index (κ1) is 18.3. The molecular formula is C22H26O4. The average Bonchev–Trinajstić information content (AvgIpc) is 3.34. The first-order valence-corrected chi connectivity index (χ1v) is 8.97. The van der Waals surface area contributed by atoms with E-state index in [4.69, 9.17) is 14.2 Å². The van der Waals surface area contributed by atoms with Gasteiger partial charge in [0.05, 0.1) is 0 Å². The van der Waals surface area contributed by atoms with E-state index in [1.54, 1.807) is 0 Å². The van der Waals surface area contributed by atoms with Crippen LogP contribution in [0.5, 0.6) is 11.5 Å². The van der Waals surface area contributed by atoms with Crippen molar-refractivity contribution in [1.82, 2.24) is 0 Å². The van der Waals surface area contributed by atoms with E-state index >= 15 is 0 Å². The fourth-order valence-electron chi connectivity index (χ4n) is 2.59. The Hall–Kier alpha value is -2.49. The fourth-order valence-corrected chi connectivity index (χ4v) is 2.59. The van der Waals surface area contributed by atoms with Gasteiger partial charge in [-0.25, -0.2) is 4.79 Å². The number of ether oxygens (including phenoxy) is 3. The van der Waals surface area contributed by atoms with E-state index in [0.29, 0.717) is 30.9 Å². The summed E-state index contributed by atoms with van der Waals surface area (Å²) in [5.74, 6) is 0.916. The minimum atomic E-state index is -0.883. The van der Waals surface area contributed by atoms with Gasteiger partial charge < -0.3 is 14.2 Å². The predicted octanol–water partition coefficient (Wildman–Crippen LogP) is 4.83. The van der Waals surface area contributed by atoms with Crippen LogP contribution in [0, 0.1) is 6.92 Å². The van der Waals surface area contributed by atoms with Crippen molar-refractivity contribution in [3.05, 3.63) is 59.7 Å². The smallest absolute Gasteiger partial charge is 0.351 e. The Labute approximate surface area is 155 Å². The van der Waals surface area contributed by atoms with Crippen LogP contribution < -0.4 is 9.47 Å². The Kier molecular flexibility index (Phi) is 4.94. The van der Waals surface area contributed by atoms with Crippen LogP contribution >= 0.6 is 0 Å². The van der Waals surface area contributed by atoms with Crippen LogP contribution in [0.4, 0.5) is 0 Å². The molecule has 0 N–H and O–H groups in total. The molecule has 26 heavy (non-hydrogen) atoms. The number of hydrogen-bond acceptors (Lipinski definition) is 4. The Morgan fingerprint density at radius 2 is 1.73 bits per heavy atom. The zero-order chi connectivity index (χ0) is 18.8. The largest absolute Gasteiger partial charge is 0.485 e. The van der Waals surface area contributed by atoms with Crippen molar-refractivity contribution >= 4 is 5.97 Å². The molecule has 1 aliphatic carbocycles. The van der Waals surface area contributed by atoms with Crippen molar-refractivity contribution in [2.45, 2.75) is 58.3 Å². The second kappa shape index (κ2) is 7.02. The molecule has 4 heteroatoms. The molecule has 0 radical (unpaired) electrons. The molecule has 1 fully saturated rings. The maximum Gasteiger partial charge on any atom is 0.351 e. The lowest BCUT2D eigenvalue weighted by molar-refractivity contribution is -0.165. The second-order valence-corrected chi connectivity index (χ2v) is 7.82. The molecule has 0 aliphatic heterocycles. The van der Waals surface area contributed by atoms with Crippen molar-refractivity contribution in [1.29, 1.82) is 0 Å². The Balaban J connectivity index is 1.75. The Bertz CT molecular complexity index is 770. The van der Waals surface area contributed by atoms with Crippen molar-refractivity contribution < 1.29 is 19.0 Å². The van der Waals surface area contributed by atoms with Gasteiger partial charge in [0.15, 0.2) is 11.5 Å². The molecule has 2 aromatic carbocycles. The van der Waals surface area contributed by atoms with Gasteiger partial charge in [-0.3, -0.25) is 0 Å². The minimum Gasteiger partial charge on any atom is -0.485 e. The minimum absolute atomic E-state index is 0.305. The van der Waals surface area contributed by atoms with Gasteiger partial charge in [-0.15, -0.1) is 0 Å². The van der Waals surface area contributed by atoms with Gasteiger partial charge in [-0.05, 0) is 51.0 Å². The third-order valence-electron chi connectivity index (χ3n) is 4.12. The van der Waals surface area contributed by atoms with E-state index < -0.39 is 11.2 Å². The van der Waals surface area contributed by atoms with Crippen LogP contribution in [0.1, 0.15) is 44.7 Å². The number of benzene rings is 2. The predicted molar refractivity (Wildman–Crippen MR) is 100 cm³/mol. The molecule has 3 rings (SSSR count). The SMILES string of the molecule is Cc1ccc(OCc2ccccc2)c(OC2(C(=O)OC(C)(C)C)CC2)c1. The summed E-state index contributed by atoms with van der Waals surface area (Å²) in [7, 11) is 0. The van der Waals surface area contributed by atoms with Crippen LogP contribution in [0.15, 0.2) is 48.5 Å². The molecule has 0 atom stereocenters. The Morgan fingerprint density at radius 3 is 2.35 bits per heavy atom. The van der Waals surface area contributed by atoms with Crippen LogP contribution in [-0.2, 0) is 16.1 Å². The summed E-state index contributed by atoms with van der Waals surface area (Å²) in [5, 5.41) is 0. The number of hydrogen-bond donors (Lipinski definition) is 0. The van der Waals surface area contributed by atoms with Crippen LogP contribution in [0.3, 0.4) is 0 Å². The quantitative estimate of drug-likeness (QED) is 0.697. The van der Waals surface area contributed by atoms with Crippen molar-refractivity contribution in [3.63, 3.8) is 0 Å². The van der Waals surface area contributed by atoms with Crippen molar-refractivity contribution in [2.75, 3.05) is 0 Å². The lowest BCUT2D eigenvalue weighted by Gasteiger charge is -2.25. The van der Waals surface area contributed by atoms with Gasteiger partial charge in [0.1, 0.15) is 12.2 Å². The molecule has 0 spiro atoms. The van der Waals surface area contributed by atoms with Crippen LogP contribution in [0.2, 0.25) is 0 Å². The summed E-state index contributed by atoms with van der Waals surface area (Å²) < 4.78 is 17.6. The van der Waals surface area contributed by atoms with E-state index in [-0.39, 0.29) is 5.97 Å². The number of carbonyl (C=O) groups is 1. The molecule has 0 saturated heterocycles. The molecule has 0 amide bonds. The van der Waals surface area contributed by atoms with E-state index in [0.717, 1.165) is 11.1 Å². The summed E-state index contributed by atoms with van der Waals surface area (Å²) in [4.78, 5) is 12.5. The zero-order valence-electron chi connectivity index (χ0n) is 15.9. The fraction of sp³-hybridized carbons (Fsp3) is 0.409.